The van der Waals surface area contributed by atoms with Gasteiger partial charge in [-0.05, 0) is 50.4 Å². The molecule has 1 aliphatic rings. The first-order valence-electron chi connectivity index (χ1n) is 9.01. The van der Waals surface area contributed by atoms with Gasteiger partial charge in [0.2, 0.25) is 0 Å². The van der Waals surface area contributed by atoms with Gasteiger partial charge in [0.1, 0.15) is 23.4 Å². The fourth-order valence-electron chi connectivity index (χ4n) is 3.17. The minimum Gasteiger partial charge on any atom is -0.496 e. The van der Waals surface area contributed by atoms with E-state index in [2.05, 4.69) is 5.32 Å². The van der Waals surface area contributed by atoms with Gasteiger partial charge < -0.3 is 19.5 Å². The van der Waals surface area contributed by atoms with Crippen LogP contribution >= 0.6 is 11.8 Å². The number of benzene rings is 2. The van der Waals surface area contributed by atoms with E-state index in [0.29, 0.717) is 24.5 Å². The summed E-state index contributed by atoms with van der Waals surface area (Å²) in [6, 6.07) is 9.57. The van der Waals surface area contributed by atoms with Gasteiger partial charge in [-0.2, -0.15) is 0 Å². The van der Waals surface area contributed by atoms with Crippen LogP contribution in [0.2, 0.25) is 0 Å². The molecule has 0 bridgehead atoms. The SMILES string of the molecule is CCOc1cc2c(cc1CNC(=O)c1ccc(SC)cc1OC)O[C@H](C)C2. The number of rotatable bonds is 7. The summed E-state index contributed by atoms with van der Waals surface area (Å²) < 4.78 is 17.0. The number of fused-ring (bicyclic) bond motifs is 1. The summed E-state index contributed by atoms with van der Waals surface area (Å²) in [4.78, 5) is 13.7. The number of amides is 1. The number of hydrogen-bond donors (Lipinski definition) is 1. The number of carbonyl (C=O) groups excluding carboxylic acids is 1. The Bertz CT molecular complexity index is 837. The molecule has 0 saturated carbocycles. The van der Waals surface area contributed by atoms with Crippen molar-refractivity contribution in [2.24, 2.45) is 0 Å². The minimum atomic E-state index is -0.184. The van der Waals surface area contributed by atoms with Crippen molar-refractivity contribution in [2.75, 3.05) is 20.0 Å². The van der Waals surface area contributed by atoms with Gasteiger partial charge in [0.05, 0.1) is 19.3 Å². The van der Waals surface area contributed by atoms with Crippen LogP contribution in [-0.2, 0) is 13.0 Å². The van der Waals surface area contributed by atoms with Crippen LogP contribution in [-0.4, -0.2) is 32.0 Å². The second kappa shape index (κ2) is 8.57. The van der Waals surface area contributed by atoms with E-state index in [0.717, 1.165) is 33.9 Å². The quantitative estimate of drug-likeness (QED) is 0.726. The van der Waals surface area contributed by atoms with Gasteiger partial charge >= 0.3 is 0 Å². The predicted octanol–water partition coefficient (Wildman–Crippen LogP) is 4.07. The molecule has 0 saturated heterocycles. The highest BCUT2D eigenvalue weighted by molar-refractivity contribution is 7.98. The van der Waals surface area contributed by atoms with Crippen LogP contribution in [0.5, 0.6) is 17.2 Å². The summed E-state index contributed by atoms with van der Waals surface area (Å²) in [5.74, 6) is 2.04. The van der Waals surface area contributed by atoms with Gasteiger partial charge in [-0.1, -0.05) is 0 Å². The van der Waals surface area contributed by atoms with Crippen LogP contribution in [0.3, 0.4) is 0 Å². The van der Waals surface area contributed by atoms with Gasteiger partial charge in [-0.3, -0.25) is 4.79 Å². The molecule has 6 heteroatoms. The predicted molar refractivity (Wildman–Crippen MR) is 107 cm³/mol. The highest BCUT2D eigenvalue weighted by atomic mass is 32.2. The molecule has 1 atom stereocenters. The van der Waals surface area contributed by atoms with E-state index in [4.69, 9.17) is 14.2 Å². The third-order valence-electron chi connectivity index (χ3n) is 4.47. The second-order valence-electron chi connectivity index (χ2n) is 6.38. The summed E-state index contributed by atoms with van der Waals surface area (Å²) in [6.45, 7) is 4.92. The molecule has 0 radical (unpaired) electrons. The molecular formula is C21H25NO4S. The number of ether oxygens (including phenoxy) is 3. The van der Waals surface area contributed by atoms with E-state index in [1.54, 1.807) is 24.9 Å². The molecule has 0 spiro atoms. The molecule has 2 aromatic rings. The van der Waals surface area contributed by atoms with Crippen molar-refractivity contribution in [3.63, 3.8) is 0 Å². The summed E-state index contributed by atoms with van der Waals surface area (Å²) in [6.07, 6.45) is 3.03. The van der Waals surface area contributed by atoms with Crippen LogP contribution in [0.1, 0.15) is 35.3 Å². The minimum absolute atomic E-state index is 0.165. The van der Waals surface area contributed by atoms with E-state index >= 15 is 0 Å². The Kier molecular flexibility index (Phi) is 6.16. The summed E-state index contributed by atoms with van der Waals surface area (Å²) >= 11 is 1.61. The molecule has 0 unspecified atom stereocenters. The lowest BCUT2D eigenvalue weighted by atomic mass is 10.1. The van der Waals surface area contributed by atoms with Crippen molar-refractivity contribution < 1.29 is 19.0 Å². The second-order valence-corrected chi connectivity index (χ2v) is 7.26. The third kappa shape index (κ3) is 4.33. The van der Waals surface area contributed by atoms with E-state index < -0.39 is 0 Å². The first-order valence-corrected chi connectivity index (χ1v) is 10.2. The number of thioether (sulfide) groups is 1. The number of hydrogen-bond acceptors (Lipinski definition) is 5. The lowest BCUT2D eigenvalue weighted by molar-refractivity contribution is 0.0947. The molecule has 0 aromatic heterocycles. The van der Waals surface area contributed by atoms with Crippen molar-refractivity contribution >= 4 is 17.7 Å². The molecule has 0 fully saturated rings. The van der Waals surface area contributed by atoms with Crippen molar-refractivity contribution in [1.82, 2.24) is 5.32 Å². The highest BCUT2D eigenvalue weighted by Crippen LogP contribution is 2.35. The van der Waals surface area contributed by atoms with Crippen molar-refractivity contribution in [1.29, 1.82) is 0 Å². The maximum Gasteiger partial charge on any atom is 0.255 e. The Morgan fingerprint density at radius 2 is 2.11 bits per heavy atom. The fourth-order valence-corrected chi connectivity index (χ4v) is 3.60. The number of carbonyl (C=O) groups is 1. The lowest BCUT2D eigenvalue weighted by Gasteiger charge is -2.14. The zero-order chi connectivity index (χ0) is 19.4. The third-order valence-corrected chi connectivity index (χ3v) is 5.20. The Hall–Kier alpha value is -2.34. The van der Waals surface area contributed by atoms with Crippen LogP contribution in [0.4, 0.5) is 0 Å². The lowest BCUT2D eigenvalue weighted by Crippen LogP contribution is -2.23. The first kappa shape index (κ1) is 19.4. The number of nitrogens with one attached hydrogen (secondary N) is 1. The van der Waals surface area contributed by atoms with Gasteiger partial charge in [-0.15, -0.1) is 11.8 Å². The van der Waals surface area contributed by atoms with Crippen molar-refractivity contribution in [2.45, 2.75) is 37.8 Å². The molecule has 5 nitrogen and oxygen atoms in total. The van der Waals surface area contributed by atoms with Crippen LogP contribution in [0, 0.1) is 0 Å². The van der Waals surface area contributed by atoms with Crippen molar-refractivity contribution in [3.8, 4) is 17.2 Å². The average molecular weight is 388 g/mol. The Morgan fingerprint density at radius 3 is 2.81 bits per heavy atom. The van der Waals surface area contributed by atoms with Crippen molar-refractivity contribution in [3.05, 3.63) is 47.0 Å². The van der Waals surface area contributed by atoms with Crippen LogP contribution < -0.4 is 19.5 Å². The molecule has 3 rings (SSSR count). The topological polar surface area (TPSA) is 56.8 Å². The average Bonchev–Trinajstić information content (AvgIpc) is 3.04. The summed E-state index contributed by atoms with van der Waals surface area (Å²) in [5.41, 5.74) is 2.56. The summed E-state index contributed by atoms with van der Waals surface area (Å²) in [7, 11) is 1.57. The smallest absolute Gasteiger partial charge is 0.255 e. The van der Waals surface area contributed by atoms with E-state index in [1.165, 1.54) is 0 Å². The highest BCUT2D eigenvalue weighted by Gasteiger charge is 2.22. The molecule has 1 amide bonds. The van der Waals surface area contributed by atoms with Crippen LogP contribution in [0.15, 0.2) is 35.2 Å². The molecule has 1 aliphatic heterocycles. The molecule has 144 valence electrons. The van der Waals surface area contributed by atoms with Gasteiger partial charge in [0.15, 0.2) is 0 Å². The van der Waals surface area contributed by atoms with E-state index in [9.17, 15) is 4.79 Å². The molecular weight excluding hydrogens is 362 g/mol. The zero-order valence-corrected chi connectivity index (χ0v) is 16.9. The normalized spacial score (nSPS) is 15.0. The van der Waals surface area contributed by atoms with Gasteiger partial charge in [0.25, 0.3) is 5.91 Å². The zero-order valence-electron chi connectivity index (χ0n) is 16.1. The largest absolute Gasteiger partial charge is 0.496 e. The van der Waals surface area contributed by atoms with Crippen LogP contribution in [0.25, 0.3) is 0 Å². The molecule has 1 N–H and O–H groups in total. The molecule has 0 aliphatic carbocycles. The Morgan fingerprint density at radius 1 is 1.30 bits per heavy atom. The first-order chi connectivity index (χ1) is 13.0. The molecule has 1 heterocycles. The Balaban J connectivity index is 1.78. The van der Waals surface area contributed by atoms with Gasteiger partial charge in [0, 0.05) is 29.0 Å². The maximum atomic E-state index is 12.7. The monoisotopic (exact) mass is 387 g/mol. The van der Waals surface area contributed by atoms with E-state index in [1.807, 2.05) is 44.4 Å². The van der Waals surface area contributed by atoms with E-state index in [-0.39, 0.29) is 12.0 Å². The van der Waals surface area contributed by atoms with Gasteiger partial charge in [-0.25, -0.2) is 0 Å². The summed E-state index contributed by atoms with van der Waals surface area (Å²) in [5, 5.41) is 2.97. The standard InChI is InChI=1S/C21H25NO4S/c1-5-25-18-9-14-8-13(2)26-19(14)10-15(18)12-22-21(23)17-7-6-16(27-4)11-20(17)24-3/h6-7,9-11,13H,5,8,12H2,1-4H3,(H,22,23)/t13-/m1/s1. The Labute approximate surface area is 164 Å². The maximum absolute atomic E-state index is 12.7. The number of methoxy groups -OCH3 is 1. The molecule has 27 heavy (non-hydrogen) atoms. The fraction of sp³-hybridized carbons (Fsp3) is 0.381. The molecule has 2 aromatic carbocycles.